The van der Waals surface area contributed by atoms with E-state index in [2.05, 4.69) is 0 Å². The number of hydrogen-bond donors (Lipinski definition) is 1. The van der Waals surface area contributed by atoms with Gasteiger partial charge in [0.05, 0.1) is 30.8 Å². The Kier molecular flexibility index (Phi) is 4.25. The van der Waals surface area contributed by atoms with Crippen molar-refractivity contribution in [2.75, 3.05) is 19.8 Å². The van der Waals surface area contributed by atoms with Gasteiger partial charge in [-0.2, -0.15) is 4.31 Å². The van der Waals surface area contributed by atoms with Crippen molar-refractivity contribution >= 4 is 10.0 Å². The minimum atomic E-state index is -3.60. The minimum absolute atomic E-state index is 0.228. The smallest absolute Gasteiger partial charge is 0.243 e. The molecule has 2 atom stereocenters. The van der Waals surface area contributed by atoms with Crippen LogP contribution >= 0.6 is 0 Å². The lowest BCUT2D eigenvalue weighted by Crippen LogP contribution is -2.55. The molecule has 1 N–H and O–H groups in total. The standard InChI is InChI=1S/C13H19NO4S/c1-10-3-5-13(6-4-10)19(16,17)14-11(2)8-18-9-12(14)7-15/h3-6,11-12,15H,7-9H2,1-2H3/t11-,12+/m0/s1. The van der Waals surface area contributed by atoms with Crippen molar-refractivity contribution in [3.63, 3.8) is 0 Å². The highest BCUT2D eigenvalue weighted by molar-refractivity contribution is 7.89. The quantitative estimate of drug-likeness (QED) is 0.890. The highest BCUT2D eigenvalue weighted by Gasteiger charge is 2.38. The van der Waals surface area contributed by atoms with Crippen LogP contribution in [-0.2, 0) is 14.8 Å². The maximum atomic E-state index is 12.6. The Labute approximate surface area is 113 Å². The summed E-state index contributed by atoms with van der Waals surface area (Å²) in [6.07, 6.45) is 0. The van der Waals surface area contributed by atoms with Crippen molar-refractivity contribution < 1.29 is 18.3 Å². The SMILES string of the molecule is Cc1ccc(S(=O)(=O)N2[C@H](CO)COC[C@@H]2C)cc1. The van der Waals surface area contributed by atoms with Gasteiger partial charge in [-0.3, -0.25) is 0 Å². The summed E-state index contributed by atoms with van der Waals surface area (Å²) < 4.78 is 31.9. The molecule has 0 radical (unpaired) electrons. The Hall–Kier alpha value is -0.950. The number of ether oxygens (including phenoxy) is 1. The summed E-state index contributed by atoms with van der Waals surface area (Å²) in [5.74, 6) is 0. The van der Waals surface area contributed by atoms with E-state index in [4.69, 9.17) is 4.74 Å². The number of aliphatic hydroxyl groups is 1. The second-order valence-corrected chi connectivity index (χ2v) is 6.71. The van der Waals surface area contributed by atoms with Crippen LogP contribution in [0, 0.1) is 6.92 Å². The topological polar surface area (TPSA) is 66.8 Å². The number of aryl methyl sites for hydroxylation is 1. The highest BCUT2D eigenvalue weighted by Crippen LogP contribution is 2.24. The molecule has 6 heteroatoms. The van der Waals surface area contributed by atoms with Gasteiger partial charge in [0.2, 0.25) is 10.0 Å². The lowest BCUT2D eigenvalue weighted by atomic mass is 10.2. The van der Waals surface area contributed by atoms with Crippen LogP contribution in [0.1, 0.15) is 12.5 Å². The molecule has 0 saturated carbocycles. The molecule has 1 aliphatic rings. The van der Waals surface area contributed by atoms with Gasteiger partial charge in [-0.05, 0) is 26.0 Å². The third kappa shape index (κ3) is 2.81. The lowest BCUT2D eigenvalue weighted by molar-refractivity contribution is -0.0182. The first-order valence-corrected chi connectivity index (χ1v) is 7.69. The molecule has 1 aromatic rings. The molecule has 0 unspecified atom stereocenters. The fraction of sp³-hybridized carbons (Fsp3) is 0.538. The zero-order chi connectivity index (χ0) is 14.0. The van der Waals surface area contributed by atoms with Crippen molar-refractivity contribution in [2.24, 2.45) is 0 Å². The third-order valence-corrected chi connectivity index (χ3v) is 5.35. The predicted molar refractivity (Wildman–Crippen MR) is 71.4 cm³/mol. The van der Waals surface area contributed by atoms with Gasteiger partial charge in [-0.1, -0.05) is 17.7 Å². The summed E-state index contributed by atoms with van der Waals surface area (Å²) in [4.78, 5) is 0.255. The third-order valence-electron chi connectivity index (χ3n) is 3.27. The van der Waals surface area contributed by atoms with Crippen LogP contribution < -0.4 is 0 Å². The summed E-state index contributed by atoms with van der Waals surface area (Å²) in [5.41, 5.74) is 1.01. The van der Waals surface area contributed by atoms with Gasteiger partial charge < -0.3 is 9.84 Å². The highest BCUT2D eigenvalue weighted by atomic mass is 32.2. The van der Waals surface area contributed by atoms with Gasteiger partial charge in [0.15, 0.2) is 0 Å². The average molecular weight is 285 g/mol. The first-order chi connectivity index (χ1) is 8.96. The molecule has 1 aliphatic heterocycles. The Morgan fingerprint density at radius 1 is 1.32 bits per heavy atom. The molecule has 5 nitrogen and oxygen atoms in total. The van der Waals surface area contributed by atoms with E-state index in [0.29, 0.717) is 6.61 Å². The monoisotopic (exact) mass is 285 g/mol. The Balaban J connectivity index is 2.38. The lowest BCUT2D eigenvalue weighted by Gasteiger charge is -2.38. The first kappa shape index (κ1) is 14.5. The molecule has 0 aromatic heterocycles. The number of benzene rings is 1. The Morgan fingerprint density at radius 2 is 1.95 bits per heavy atom. The van der Waals surface area contributed by atoms with Crippen LogP contribution in [0.15, 0.2) is 29.2 Å². The molecule has 0 spiro atoms. The molecule has 1 fully saturated rings. The molecule has 19 heavy (non-hydrogen) atoms. The van der Waals surface area contributed by atoms with E-state index >= 15 is 0 Å². The van der Waals surface area contributed by atoms with Crippen LogP contribution in [0.3, 0.4) is 0 Å². The fourth-order valence-corrected chi connectivity index (χ4v) is 4.06. The number of hydrogen-bond acceptors (Lipinski definition) is 4. The summed E-state index contributed by atoms with van der Waals surface area (Å²) in [5, 5.41) is 9.35. The zero-order valence-corrected chi connectivity index (χ0v) is 11.9. The van der Waals surface area contributed by atoms with E-state index in [1.54, 1.807) is 31.2 Å². The van der Waals surface area contributed by atoms with E-state index in [-0.39, 0.29) is 24.2 Å². The number of nitrogens with zero attached hydrogens (tertiary/aromatic N) is 1. The summed E-state index contributed by atoms with van der Waals surface area (Å²) >= 11 is 0. The molecule has 2 rings (SSSR count). The molecule has 0 bridgehead atoms. The van der Waals surface area contributed by atoms with Gasteiger partial charge >= 0.3 is 0 Å². The maximum absolute atomic E-state index is 12.6. The van der Waals surface area contributed by atoms with E-state index in [1.807, 2.05) is 6.92 Å². The van der Waals surface area contributed by atoms with E-state index in [9.17, 15) is 13.5 Å². The van der Waals surface area contributed by atoms with E-state index in [1.165, 1.54) is 4.31 Å². The maximum Gasteiger partial charge on any atom is 0.243 e. The molecule has 0 amide bonds. The van der Waals surface area contributed by atoms with Gasteiger partial charge in [0, 0.05) is 6.04 Å². The van der Waals surface area contributed by atoms with Crippen LogP contribution in [0.4, 0.5) is 0 Å². The van der Waals surface area contributed by atoms with Crippen LogP contribution in [-0.4, -0.2) is 49.7 Å². The van der Waals surface area contributed by atoms with Gasteiger partial charge in [0.1, 0.15) is 0 Å². The molecule has 1 aromatic carbocycles. The second kappa shape index (κ2) is 5.58. The number of sulfonamides is 1. The predicted octanol–water partition coefficient (Wildman–Crippen LogP) is 0.765. The van der Waals surface area contributed by atoms with Crippen molar-refractivity contribution in [3.05, 3.63) is 29.8 Å². The molecule has 1 heterocycles. The minimum Gasteiger partial charge on any atom is -0.395 e. The molecule has 106 valence electrons. The molecular weight excluding hydrogens is 266 g/mol. The van der Waals surface area contributed by atoms with Crippen molar-refractivity contribution in [1.82, 2.24) is 4.31 Å². The van der Waals surface area contributed by atoms with Crippen molar-refractivity contribution in [2.45, 2.75) is 30.8 Å². The van der Waals surface area contributed by atoms with Crippen molar-refractivity contribution in [1.29, 1.82) is 0 Å². The van der Waals surface area contributed by atoms with Gasteiger partial charge in [-0.25, -0.2) is 8.42 Å². The van der Waals surface area contributed by atoms with E-state index in [0.717, 1.165) is 5.56 Å². The van der Waals surface area contributed by atoms with Crippen molar-refractivity contribution in [3.8, 4) is 0 Å². The summed E-state index contributed by atoms with van der Waals surface area (Å²) in [6.45, 7) is 4.03. The number of morpholine rings is 1. The second-order valence-electron chi connectivity index (χ2n) is 4.87. The van der Waals surface area contributed by atoms with Gasteiger partial charge in [-0.15, -0.1) is 0 Å². The fourth-order valence-electron chi connectivity index (χ4n) is 2.28. The number of aliphatic hydroxyl groups excluding tert-OH is 1. The summed E-state index contributed by atoms with van der Waals surface area (Å²) in [6, 6.07) is 5.94. The Bertz CT molecular complexity index is 526. The normalized spacial score (nSPS) is 25.4. The van der Waals surface area contributed by atoms with Crippen LogP contribution in [0.25, 0.3) is 0 Å². The van der Waals surface area contributed by atoms with E-state index < -0.39 is 16.1 Å². The number of rotatable bonds is 3. The van der Waals surface area contributed by atoms with Gasteiger partial charge in [0.25, 0.3) is 0 Å². The molecule has 1 saturated heterocycles. The molecular formula is C13H19NO4S. The summed E-state index contributed by atoms with van der Waals surface area (Å²) in [7, 11) is -3.60. The Morgan fingerprint density at radius 3 is 2.53 bits per heavy atom. The largest absolute Gasteiger partial charge is 0.395 e. The average Bonchev–Trinajstić information content (AvgIpc) is 2.38. The molecule has 0 aliphatic carbocycles. The first-order valence-electron chi connectivity index (χ1n) is 6.25. The van der Waals surface area contributed by atoms with Crippen LogP contribution in [0.2, 0.25) is 0 Å². The van der Waals surface area contributed by atoms with Crippen LogP contribution in [0.5, 0.6) is 0 Å². The zero-order valence-electron chi connectivity index (χ0n) is 11.1.